The van der Waals surface area contributed by atoms with E-state index in [2.05, 4.69) is 10.0 Å². The molecule has 6 nitrogen and oxygen atoms in total. The van der Waals surface area contributed by atoms with Crippen LogP contribution >= 0.6 is 0 Å². The number of carbonyl (C=O) groups is 1. The summed E-state index contributed by atoms with van der Waals surface area (Å²) < 4.78 is 48.2. The minimum atomic E-state index is -3.91. The summed E-state index contributed by atoms with van der Waals surface area (Å²) >= 11 is 0. The van der Waals surface area contributed by atoms with Crippen LogP contribution in [0.3, 0.4) is 0 Å². The molecule has 0 aromatic heterocycles. The number of methoxy groups -OCH3 is 1. The van der Waals surface area contributed by atoms with Crippen LogP contribution in [-0.2, 0) is 10.0 Å². The third-order valence-electron chi connectivity index (χ3n) is 5.51. The standard InChI is InChI=1S/C22H27FN2O4S/c1-14-8-10-19(17(23)12-14)24-22(26)16-9-11-20(29-3)21(13-16)30(27,28)25-18-7-5-4-6-15(18)2/h8-13,15,18,25H,4-7H2,1-3H3,(H,24,26). The van der Waals surface area contributed by atoms with E-state index in [0.717, 1.165) is 31.2 Å². The highest BCUT2D eigenvalue weighted by Gasteiger charge is 2.29. The number of carbonyl (C=O) groups excluding carboxylic acids is 1. The maximum atomic E-state index is 14.1. The number of rotatable bonds is 6. The third kappa shape index (κ3) is 4.99. The van der Waals surface area contributed by atoms with Crippen LogP contribution in [0.15, 0.2) is 41.3 Å². The van der Waals surface area contributed by atoms with Gasteiger partial charge >= 0.3 is 0 Å². The number of hydrogen-bond donors (Lipinski definition) is 2. The Hall–Kier alpha value is -2.45. The van der Waals surface area contributed by atoms with Crippen LogP contribution in [0.2, 0.25) is 0 Å². The molecular formula is C22H27FN2O4S. The van der Waals surface area contributed by atoms with Gasteiger partial charge in [0.05, 0.1) is 12.8 Å². The first-order chi connectivity index (χ1) is 14.2. The van der Waals surface area contributed by atoms with E-state index in [4.69, 9.17) is 4.74 Å². The molecule has 0 radical (unpaired) electrons. The molecule has 0 bridgehead atoms. The lowest BCUT2D eigenvalue weighted by atomic mass is 9.87. The number of aryl methyl sites for hydroxylation is 1. The number of nitrogens with one attached hydrogen (secondary N) is 2. The Morgan fingerprint density at radius 1 is 1.13 bits per heavy atom. The first kappa shape index (κ1) is 22.2. The molecule has 30 heavy (non-hydrogen) atoms. The van der Waals surface area contributed by atoms with Gasteiger partial charge in [0.15, 0.2) is 0 Å². The lowest BCUT2D eigenvalue weighted by Gasteiger charge is -2.29. The Balaban J connectivity index is 1.88. The molecule has 0 aliphatic heterocycles. The van der Waals surface area contributed by atoms with Crippen LogP contribution in [0.4, 0.5) is 10.1 Å². The van der Waals surface area contributed by atoms with E-state index in [1.165, 1.54) is 37.4 Å². The van der Waals surface area contributed by atoms with Gasteiger partial charge in [-0.2, -0.15) is 0 Å². The van der Waals surface area contributed by atoms with Crippen molar-refractivity contribution in [2.24, 2.45) is 5.92 Å². The lowest BCUT2D eigenvalue weighted by molar-refractivity contribution is 0.102. The monoisotopic (exact) mass is 434 g/mol. The van der Waals surface area contributed by atoms with Gasteiger partial charge in [-0.25, -0.2) is 17.5 Å². The molecule has 2 atom stereocenters. The number of hydrogen-bond acceptors (Lipinski definition) is 4. The molecule has 162 valence electrons. The Labute approximate surface area is 176 Å². The van der Waals surface area contributed by atoms with E-state index in [-0.39, 0.29) is 33.9 Å². The summed E-state index contributed by atoms with van der Waals surface area (Å²) in [7, 11) is -2.53. The average molecular weight is 435 g/mol. The molecule has 2 N–H and O–H groups in total. The highest BCUT2D eigenvalue weighted by molar-refractivity contribution is 7.89. The molecule has 2 aromatic carbocycles. The molecular weight excluding hydrogens is 407 g/mol. The zero-order chi connectivity index (χ0) is 21.9. The van der Waals surface area contributed by atoms with E-state index >= 15 is 0 Å². The summed E-state index contributed by atoms with van der Waals surface area (Å²) in [6.45, 7) is 3.78. The quantitative estimate of drug-likeness (QED) is 0.712. The Kier molecular flexibility index (Phi) is 6.77. The SMILES string of the molecule is COc1ccc(C(=O)Nc2ccc(C)cc2F)cc1S(=O)(=O)NC1CCCCC1C. The first-order valence-electron chi connectivity index (χ1n) is 9.99. The van der Waals surface area contributed by atoms with Crippen molar-refractivity contribution in [3.05, 3.63) is 53.3 Å². The second-order valence-electron chi connectivity index (χ2n) is 7.79. The van der Waals surface area contributed by atoms with Gasteiger partial charge in [-0.15, -0.1) is 0 Å². The molecule has 1 fully saturated rings. The number of benzene rings is 2. The summed E-state index contributed by atoms with van der Waals surface area (Å²) in [5.74, 6) is -0.792. The maximum absolute atomic E-state index is 14.1. The van der Waals surface area contributed by atoms with Crippen LogP contribution in [0.5, 0.6) is 5.75 Å². The van der Waals surface area contributed by atoms with E-state index in [9.17, 15) is 17.6 Å². The fourth-order valence-corrected chi connectivity index (χ4v) is 5.27. The van der Waals surface area contributed by atoms with Crippen molar-refractivity contribution >= 4 is 21.6 Å². The molecule has 0 heterocycles. The normalized spacial score (nSPS) is 19.3. The highest BCUT2D eigenvalue weighted by Crippen LogP contribution is 2.29. The highest BCUT2D eigenvalue weighted by atomic mass is 32.2. The zero-order valence-corrected chi connectivity index (χ0v) is 18.2. The van der Waals surface area contributed by atoms with E-state index in [0.29, 0.717) is 0 Å². The summed E-state index contributed by atoms with van der Waals surface area (Å²) in [5, 5.41) is 2.49. The van der Waals surface area contributed by atoms with Crippen molar-refractivity contribution in [1.29, 1.82) is 0 Å². The molecule has 2 aromatic rings. The Bertz CT molecular complexity index is 1040. The number of sulfonamides is 1. The summed E-state index contributed by atoms with van der Waals surface area (Å²) in [6, 6.07) is 8.44. The van der Waals surface area contributed by atoms with Crippen molar-refractivity contribution in [3.63, 3.8) is 0 Å². The van der Waals surface area contributed by atoms with Crippen LogP contribution in [0.1, 0.15) is 48.5 Å². The maximum Gasteiger partial charge on any atom is 0.255 e. The molecule has 1 aliphatic carbocycles. The second-order valence-corrected chi connectivity index (χ2v) is 9.47. The first-order valence-corrected chi connectivity index (χ1v) is 11.5. The number of amides is 1. The van der Waals surface area contributed by atoms with Crippen molar-refractivity contribution in [2.75, 3.05) is 12.4 Å². The summed E-state index contributed by atoms with van der Waals surface area (Å²) in [4.78, 5) is 12.5. The van der Waals surface area contributed by atoms with Crippen molar-refractivity contribution < 1.29 is 22.3 Å². The van der Waals surface area contributed by atoms with Gasteiger partial charge in [-0.3, -0.25) is 4.79 Å². The van der Waals surface area contributed by atoms with E-state index in [1.54, 1.807) is 13.0 Å². The summed E-state index contributed by atoms with van der Waals surface area (Å²) in [5.41, 5.74) is 0.846. The Morgan fingerprint density at radius 2 is 1.87 bits per heavy atom. The largest absolute Gasteiger partial charge is 0.495 e. The minimum absolute atomic E-state index is 0.0278. The van der Waals surface area contributed by atoms with Crippen LogP contribution in [-0.4, -0.2) is 27.5 Å². The van der Waals surface area contributed by atoms with E-state index < -0.39 is 21.7 Å². The van der Waals surface area contributed by atoms with Gasteiger partial charge in [-0.1, -0.05) is 25.8 Å². The molecule has 1 aliphatic rings. The lowest BCUT2D eigenvalue weighted by Crippen LogP contribution is -2.41. The molecule has 8 heteroatoms. The molecule has 3 rings (SSSR count). The average Bonchev–Trinajstić information content (AvgIpc) is 2.71. The zero-order valence-electron chi connectivity index (χ0n) is 17.4. The van der Waals surface area contributed by atoms with Gasteiger partial charge in [0.25, 0.3) is 5.91 Å². The predicted octanol–water partition coefficient (Wildman–Crippen LogP) is 4.25. The third-order valence-corrected chi connectivity index (χ3v) is 7.02. The molecule has 0 spiro atoms. The summed E-state index contributed by atoms with van der Waals surface area (Å²) in [6.07, 6.45) is 3.80. The van der Waals surface area contributed by atoms with Crippen LogP contribution in [0, 0.1) is 18.7 Å². The van der Waals surface area contributed by atoms with Gasteiger partial charge < -0.3 is 10.1 Å². The topological polar surface area (TPSA) is 84.5 Å². The number of halogens is 1. The molecule has 1 saturated carbocycles. The molecule has 2 unspecified atom stereocenters. The Morgan fingerprint density at radius 3 is 2.53 bits per heavy atom. The number of ether oxygens (including phenoxy) is 1. The fourth-order valence-electron chi connectivity index (χ4n) is 3.70. The van der Waals surface area contributed by atoms with Crippen molar-refractivity contribution in [1.82, 2.24) is 4.72 Å². The van der Waals surface area contributed by atoms with Gasteiger partial charge in [0.1, 0.15) is 16.5 Å². The van der Waals surface area contributed by atoms with Gasteiger partial charge in [0, 0.05) is 11.6 Å². The van der Waals surface area contributed by atoms with Crippen LogP contribution < -0.4 is 14.8 Å². The van der Waals surface area contributed by atoms with Crippen molar-refractivity contribution in [3.8, 4) is 5.75 Å². The molecule has 1 amide bonds. The van der Waals surface area contributed by atoms with Crippen molar-refractivity contribution in [2.45, 2.75) is 50.5 Å². The smallest absolute Gasteiger partial charge is 0.255 e. The minimum Gasteiger partial charge on any atom is -0.495 e. The van der Waals surface area contributed by atoms with Crippen LogP contribution in [0.25, 0.3) is 0 Å². The van der Waals surface area contributed by atoms with Gasteiger partial charge in [0.2, 0.25) is 10.0 Å². The van der Waals surface area contributed by atoms with Gasteiger partial charge in [-0.05, 0) is 61.6 Å². The predicted molar refractivity (Wildman–Crippen MR) is 114 cm³/mol. The van der Waals surface area contributed by atoms with E-state index in [1.807, 2.05) is 6.92 Å². The second kappa shape index (κ2) is 9.14. The number of anilines is 1. The molecule has 0 saturated heterocycles. The fraction of sp³-hybridized carbons (Fsp3) is 0.409.